The van der Waals surface area contributed by atoms with Gasteiger partial charge in [0, 0.05) is 0 Å². The summed E-state index contributed by atoms with van der Waals surface area (Å²) in [7, 11) is 0. The molecule has 2 N–H and O–H groups in total. The number of nitrogen functional groups attached to an aromatic ring is 1. The average Bonchev–Trinajstić information content (AvgIpc) is 2.40. The van der Waals surface area contributed by atoms with Crippen LogP contribution >= 0.6 is 15.9 Å². The highest BCUT2D eigenvalue weighted by molar-refractivity contribution is 9.10. The molecule has 0 fully saturated rings. The van der Waals surface area contributed by atoms with Gasteiger partial charge in [-0.2, -0.15) is 0 Å². The van der Waals surface area contributed by atoms with E-state index in [0.29, 0.717) is 22.8 Å². The van der Waals surface area contributed by atoms with E-state index in [0.717, 1.165) is 5.56 Å². The van der Waals surface area contributed by atoms with Gasteiger partial charge < -0.3 is 10.5 Å². The first-order chi connectivity index (χ1) is 8.77. The maximum atomic E-state index is 5.62. The summed E-state index contributed by atoms with van der Waals surface area (Å²) < 4.78 is 6.06. The van der Waals surface area contributed by atoms with Crippen LogP contribution in [0.1, 0.15) is 5.56 Å². The quantitative estimate of drug-likeness (QED) is 0.943. The van der Waals surface area contributed by atoms with E-state index in [9.17, 15) is 0 Å². The van der Waals surface area contributed by atoms with Gasteiger partial charge in [0.05, 0.1) is 0 Å². The standard InChI is InChI=1S/C13H12BrN3O/c14-11-12(15)16-9-17-13(11)18-8-4-7-10-5-2-1-3-6-10/h1-7,9H,8H2,(H2,15,16,17)/b7-4+. The number of nitrogens with zero attached hydrogens (tertiary/aromatic N) is 2. The zero-order chi connectivity index (χ0) is 12.8. The van der Waals surface area contributed by atoms with Gasteiger partial charge >= 0.3 is 0 Å². The van der Waals surface area contributed by atoms with Gasteiger partial charge in [0.25, 0.3) is 0 Å². The minimum Gasteiger partial charge on any atom is -0.472 e. The number of halogens is 1. The Morgan fingerprint density at radius 2 is 2.00 bits per heavy atom. The third kappa shape index (κ3) is 3.30. The molecular weight excluding hydrogens is 294 g/mol. The Morgan fingerprint density at radius 1 is 1.22 bits per heavy atom. The summed E-state index contributed by atoms with van der Waals surface area (Å²) in [5.41, 5.74) is 6.75. The van der Waals surface area contributed by atoms with Crippen LogP contribution in [0, 0.1) is 0 Å². The zero-order valence-electron chi connectivity index (χ0n) is 9.58. The lowest BCUT2D eigenvalue weighted by atomic mass is 10.2. The van der Waals surface area contributed by atoms with Crippen LogP contribution < -0.4 is 10.5 Å². The minimum absolute atomic E-state index is 0.368. The lowest BCUT2D eigenvalue weighted by Crippen LogP contribution is -2.00. The Morgan fingerprint density at radius 3 is 2.78 bits per heavy atom. The molecule has 0 aliphatic carbocycles. The van der Waals surface area contributed by atoms with Crippen molar-refractivity contribution in [2.75, 3.05) is 12.3 Å². The molecule has 4 nitrogen and oxygen atoms in total. The second-order valence-corrected chi connectivity index (χ2v) is 4.30. The monoisotopic (exact) mass is 305 g/mol. The molecular formula is C13H12BrN3O. The number of aromatic nitrogens is 2. The van der Waals surface area contributed by atoms with Crippen LogP contribution in [0.25, 0.3) is 6.08 Å². The largest absolute Gasteiger partial charge is 0.472 e. The molecule has 1 aromatic heterocycles. The predicted octanol–water partition coefficient (Wildman–Crippen LogP) is 2.91. The molecule has 0 amide bonds. The maximum Gasteiger partial charge on any atom is 0.233 e. The smallest absolute Gasteiger partial charge is 0.233 e. The van der Waals surface area contributed by atoms with Crippen LogP contribution in [-0.4, -0.2) is 16.6 Å². The molecule has 92 valence electrons. The molecule has 2 aromatic rings. The van der Waals surface area contributed by atoms with Crippen LogP contribution in [0.4, 0.5) is 5.82 Å². The van der Waals surface area contributed by atoms with E-state index in [1.54, 1.807) is 0 Å². The third-order valence-corrected chi connectivity index (χ3v) is 2.96. The van der Waals surface area contributed by atoms with E-state index < -0.39 is 0 Å². The molecule has 0 aliphatic rings. The van der Waals surface area contributed by atoms with Crippen molar-refractivity contribution in [2.45, 2.75) is 0 Å². The van der Waals surface area contributed by atoms with E-state index in [-0.39, 0.29) is 0 Å². The number of benzene rings is 1. The van der Waals surface area contributed by atoms with Gasteiger partial charge in [0.15, 0.2) is 0 Å². The van der Waals surface area contributed by atoms with Gasteiger partial charge in [-0.05, 0) is 27.6 Å². The molecule has 5 heteroatoms. The van der Waals surface area contributed by atoms with E-state index in [1.807, 2.05) is 42.5 Å². The van der Waals surface area contributed by atoms with Gasteiger partial charge in [0.1, 0.15) is 23.2 Å². The van der Waals surface area contributed by atoms with Crippen molar-refractivity contribution < 1.29 is 4.74 Å². The molecule has 0 unspecified atom stereocenters. The van der Waals surface area contributed by atoms with E-state index in [4.69, 9.17) is 10.5 Å². The Labute approximate surface area is 114 Å². The summed E-state index contributed by atoms with van der Waals surface area (Å²) in [5.74, 6) is 0.812. The van der Waals surface area contributed by atoms with Crippen LogP contribution in [0.3, 0.4) is 0 Å². The predicted molar refractivity (Wildman–Crippen MR) is 75.1 cm³/mol. The number of rotatable bonds is 4. The first-order valence-electron chi connectivity index (χ1n) is 5.38. The molecule has 0 radical (unpaired) electrons. The van der Waals surface area contributed by atoms with Crippen molar-refractivity contribution in [2.24, 2.45) is 0 Å². The highest BCUT2D eigenvalue weighted by Crippen LogP contribution is 2.25. The van der Waals surface area contributed by atoms with Crippen molar-refractivity contribution in [3.8, 4) is 5.88 Å². The highest BCUT2D eigenvalue weighted by atomic mass is 79.9. The topological polar surface area (TPSA) is 61.0 Å². The second kappa shape index (κ2) is 6.16. The lowest BCUT2D eigenvalue weighted by molar-refractivity contribution is 0.346. The van der Waals surface area contributed by atoms with Crippen LogP contribution in [0.2, 0.25) is 0 Å². The van der Waals surface area contributed by atoms with Crippen LogP contribution in [-0.2, 0) is 0 Å². The Kier molecular flexibility index (Phi) is 4.30. The van der Waals surface area contributed by atoms with Crippen molar-refractivity contribution in [1.82, 2.24) is 9.97 Å². The molecule has 0 atom stereocenters. The Hall–Kier alpha value is -1.88. The number of ether oxygens (including phenoxy) is 1. The SMILES string of the molecule is Nc1ncnc(OC/C=C/c2ccccc2)c1Br. The van der Waals surface area contributed by atoms with Crippen molar-refractivity contribution >= 4 is 27.8 Å². The summed E-state index contributed by atoms with van der Waals surface area (Å²) in [6, 6.07) is 10.0. The molecule has 0 bridgehead atoms. The fourth-order valence-electron chi connectivity index (χ4n) is 1.34. The molecule has 1 aromatic carbocycles. The lowest BCUT2D eigenvalue weighted by Gasteiger charge is -2.04. The number of hydrogen-bond acceptors (Lipinski definition) is 4. The highest BCUT2D eigenvalue weighted by Gasteiger charge is 2.05. The number of hydrogen-bond donors (Lipinski definition) is 1. The average molecular weight is 306 g/mol. The Balaban J connectivity index is 1.93. The third-order valence-electron chi connectivity index (χ3n) is 2.21. The van der Waals surface area contributed by atoms with Crippen molar-refractivity contribution in [3.63, 3.8) is 0 Å². The first kappa shape index (κ1) is 12.6. The van der Waals surface area contributed by atoms with E-state index in [2.05, 4.69) is 25.9 Å². The summed E-state index contributed by atoms with van der Waals surface area (Å²) in [5, 5.41) is 0. The summed E-state index contributed by atoms with van der Waals surface area (Å²) in [6.45, 7) is 0.421. The summed E-state index contributed by atoms with van der Waals surface area (Å²) in [6.07, 6.45) is 5.27. The molecule has 0 saturated carbocycles. The molecule has 2 rings (SSSR count). The van der Waals surface area contributed by atoms with Crippen LogP contribution in [0.15, 0.2) is 47.2 Å². The number of nitrogens with two attached hydrogens (primary N) is 1. The van der Waals surface area contributed by atoms with Gasteiger partial charge in [-0.15, -0.1) is 0 Å². The van der Waals surface area contributed by atoms with E-state index >= 15 is 0 Å². The minimum atomic E-state index is 0.368. The van der Waals surface area contributed by atoms with E-state index in [1.165, 1.54) is 6.33 Å². The maximum absolute atomic E-state index is 5.62. The normalized spacial score (nSPS) is 10.7. The summed E-state index contributed by atoms with van der Waals surface area (Å²) >= 11 is 3.28. The van der Waals surface area contributed by atoms with Gasteiger partial charge in [0.2, 0.25) is 5.88 Å². The number of anilines is 1. The molecule has 0 aliphatic heterocycles. The first-order valence-corrected chi connectivity index (χ1v) is 6.17. The zero-order valence-corrected chi connectivity index (χ0v) is 11.2. The molecule has 0 saturated heterocycles. The van der Waals surface area contributed by atoms with Crippen molar-refractivity contribution in [3.05, 3.63) is 52.8 Å². The van der Waals surface area contributed by atoms with Crippen molar-refractivity contribution in [1.29, 1.82) is 0 Å². The summed E-state index contributed by atoms with van der Waals surface area (Å²) in [4.78, 5) is 7.83. The molecule has 1 heterocycles. The second-order valence-electron chi connectivity index (χ2n) is 3.50. The Bertz CT molecular complexity index is 543. The van der Waals surface area contributed by atoms with Gasteiger partial charge in [-0.25, -0.2) is 9.97 Å². The fraction of sp³-hybridized carbons (Fsp3) is 0.0769. The van der Waals surface area contributed by atoms with Crippen LogP contribution in [0.5, 0.6) is 5.88 Å². The molecule has 18 heavy (non-hydrogen) atoms. The van der Waals surface area contributed by atoms with Gasteiger partial charge in [-0.3, -0.25) is 0 Å². The fourth-order valence-corrected chi connectivity index (χ4v) is 1.66. The van der Waals surface area contributed by atoms with Gasteiger partial charge in [-0.1, -0.05) is 36.4 Å². The molecule has 0 spiro atoms.